The minimum Gasteiger partial charge on any atom is -0.307 e. The molecule has 186 valence electrons. The van der Waals surface area contributed by atoms with E-state index in [4.69, 9.17) is 0 Å². The molecule has 0 radical (unpaired) electrons. The third kappa shape index (κ3) is 6.93. The van der Waals surface area contributed by atoms with Crippen LogP contribution in [0.25, 0.3) is 0 Å². The first kappa shape index (κ1) is 26.4. The molecule has 2 amide bonds. The van der Waals surface area contributed by atoms with Gasteiger partial charge in [-0.25, -0.2) is 22.9 Å². The van der Waals surface area contributed by atoms with Crippen LogP contribution in [-0.2, 0) is 22.7 Å². The van der Waals surface area contributed by atoms with Crippen LogP contribution in [-0.4, -0.2) is 37.7 Å². The molecule has 0 aliphatic heterocycles. The first-order chi connectivity index (χ1) is 15.9. The Labute approximate surface area is 203 Å². The minimum absolute atomic E-state index is 0.0250. The number of carbonyl (C=O) groups excluding carboxylic acids is 2. The average molecular weight is 537 g/mol. The molecule has 1 fully saturated rings. The molecule has 8 nitrogen and oxygen atoms in total. The lowest BCUT2D eigenvalue weighted by Gasteiger charge is -2.16. The summed E-state index contributed by atoms with van der Waals surface area (Å²) in [7, 11) is -3.44. The number of nitrogens with zero attached hydrogens (tertiary/aromatic N) is 1. The zero-order valence-corrected chi connectivity index (χ0v) is 20.7. The first-order valence-corrected chi connectivity index (χ1v) is 14.1. The zero-order chi connectivity index (χ0) is 25.1. The lowest BCUT2D eigenvalue weighted by Crippen LogP contribution is -2.23. The van der Waals surface area contributed by atoms with Crippen molar-refractivity contribution in [2.45, 2.75) is 42.6 Å². The van der Waals surface area contributed by atoms with Crippen molar-refractivity contribution in [2.24, 2.45) is 5.92 Å². The highest BCUT2D eigenvalue weighted by Crippen LogP contribution is 2.36. The molecule has 34 heavy (non-hydrogen) atoms. The molecule has 0 bridgehead atoms. The maximum Gasteiger partial charge on any atom is 0.416 e. The van der Waals surface area contributed by atoms with Crippen molar-refractivity contribution in [3.8, 4) is 0 Å². The lowest BCUT2D eigenvalue weighted by atomic mass is 9.93. The quantitative estimate of drug-likeness (QED) is 0.325. The summed E-state index contributed by atoms with van der Waals surface area (Å²) >= 11 is 2.44. The maximum absolute atomic E-state index is 13.2. The number of urea groups is 1. The first-order valence-electron chi connectivity index (χ1n) is 10.2. The smallest absolute Gasteiger partial charge is 0.307 e. The van der Waals surface area contributed by atoms with Crippen LogP contribution in [0.5, 0.6) is 0 Å². The van der Waals surface area contributed by atoms with Gasteiger partial charge < -0.3 is 5.32 Å². The Morgan fingerprint density at radius 3 is 2.47 bits per heavy atom. The Morgan fingerprint density at radius 1 is 1.21 bits per heavy atom. The molecular weight excluding hydrogens is 513 g/mol. The third-order valence-corrected chi connectivity index (χ3v) is 7.99. The number of thioether (sulfide) groups is 1. The molecule has 0 atom stereocenters. The summed E-state index contributed by atoms with van der Waals surface area (Å²) in [4.78, 5) is 29.7. The van der Waals surface area contributed by atoms with Gasteiger partial charge in [0.2, 0.25) is 10.0 Å². The molecule has 1 aromatic carbocycles. The SMILES string of the molecule is CSc1sc(NC(=O)Nc2ccc(C(F)(F)F)cc2C(=O)C2CCCC2)nc1CNS(C)(=O)=O. The summed E-state index contributed by atoms with van der Waals surface area (Å²) in [5.41, 5.74) is -0.751. The molecule has 1 aliphatic carbocycles. The van der Waals surface area contributed by atoms with E-state index in [0.717, 1.165) is 48.6 Å². The van der Waals surface area contributed by atoms with E-state index in [1.807, 2.05) is 0 Å². The molecule has 1 aliphatic rings. The van der Waals surface area contributed by atoms with Gasteiger partial charge in [0.05, 0.1) is 34.0 Å². The van der Waals surface area contributed by atoms with E-state index in [1.165, 1.54) is 11.8 Å². The largest absolute Gasteiger partial charge is 0.416 e. The highest BCUT2D eigenvalue weighted by Gasteiger charge is 2.33. The third-order valence-electron chi connectivity index (χ3n) is 5.16. The number of nitrogens with one attached hydrogen (secondary N) is 3. The van der Waals surface area contributed by atoms with E-state index in [2.05, 4.69) is 20.3 Å². The summed E-state index contributed by atoms with van der Waals surface area (Å²) in [5, 5.41) is 5.12. The summed E-state index contributed by atoms with van der Waals surface area (Å²) in [6.45, 7) is -0.0618. The van der Waals surface area contributed by atoms with E-state index in [-0.39, 0.29) is 28.8 Å². The fourth-order valence-corrected chi connectivity index (χ4v) is 5.59. The van der Waals surface area contributed by atoms with Gasteiger partial charge in [-0.3, -0.25) is 10.1 Å². The van der Waals surface area contributed by atoms with Gasteiger partial charge in [-0.05, 0) is 37.3 Å². The van der Waals surface area contributed by atoms with Crippen molar-refractivity contribution in [1.29, 1.82) is 0 Å². The second-order valence-corrected chi connectivity index (χ2v) is 11.6. The number of thiazole rings is 1. The summed E-state index contributed by atoms with van der Waals surface area (Å²) in [5.74, 6) is -0.799. The number of hydrogen-bond acceptors (Lipinski definition) is 7. The number of sulfonamides is 1. The summed E-state index contributed by atoms with van der Waals surface area (Å²) < 4.78 is 65.4. The molecule has 1 aromatic heterocycles. The number of alkyl halides is 3. The van der Waals surface area contributed by atoms with Crippen LogP contribution in [0.1, 0.15) is 47.3 Å². The van der Waals surface area contributed by atoms with E-state index >= 15 is 0 Å². The Morgan fingerprint density at radius 2 is 1.88 bits per heavy atom. The van der Waals surface area contributed by atoms with Crippen molar-refractivity contribution < 1.29 is 31.2 Å². The van der Waals surface area contributed by atoms with E-state index in [9.17, 15) is 31.2 Å². The molecule has 0 spiro atoms. The number of halogens is 3. The van der Waals surface area contributed by atoms with Gasteiger partial charge in [-0.1, -0.05) is 24.2 Å². The fraction of sp³-hybridized carbons (Fsp3) is 0.450. The number of aromatic nitrogens is 1. The van der Waals surface area contributed by atoms with Gasteiger partial charge in [0.25, 0.3) is 0 Å². The Balaban J connectivity index is 1.80. The van der Waals surface area contributed by atoms with E-state index < -0.39 is 33.6 Å². The molecule has 0 unspecified atom stereocenters. The number of amides is 2. The lowest BCUT2D eigenvalue weighted by molar-refractivity contribution is -0.137. The van der Waals surface area contributed by atoms with Crippen LogP contribution in [0.2, 0.25) is 0 Å². The molecule has 2 aromatic rings. The standard InChI is InChI=1S/C20H23F3N4O4S3/c1-32-17-15(10-24-34(2,30)31)26-19(33-17)27-18(29)25-14-8-7-12(20(21,22)23)9-13(14)16(28)11-5-3-4-6-11/h7-9,11,24H,3-6,10H2,1-2H3,(H2,25,26,27,29). The number of carbonyl (C=O) groups is 2. The number of hydrogen-bond donors (Lipinski definition) is 3. The second-order valence-electron chi connectivity index (χ2n) is 7.73. The molecule has 1 heterocycles. The number of anilines is 2. The van der Waals surface area contributed by atoms with Crippen LogP contribution in [0, 0.1) is 5.92 Å². The van der Waals surface area contributed by atoms with Crippen LogP contribution >= 0.6 is 23.1 Å². The van der Waals surface area contributed by atoms with E-state index in [0.29, 0.717) is 22.7 Å². The molecule has 0 saturated heterocycles. The molecule has 14 heteroatoms. The van der Waals surface area contributed by atoms with Gasteiger partial charge in [0, 0.05) is 11.5 Å². The summed E-state index contributed by atoms with van der Waals surface area (Å²) in [6, 6.07) is 1.87. The highest BCUT2D eigenvalue weighted by molar-refractivity contribution is 8.00. The van der Waals surface area contributed by atoms with Crippen molar-refractivity contribution in [1.82, 2.24) is 9.71 Å². The molecule has 3 N–H and O–H groups in total. The predicted octanol–water partition coefficient (Wildman–Crippen LogP) is 4.95. The van der Waals surface area contributed by atoms with Crippen molar-refractivity contribution in [3.05, 3.63) is 35.0 Å². The van der Waals surface area contributed by atoms with Crippen LogP contribution < -0.4 is 15.4 Å². The number of benzene rings is 1. The molecule has 1 saturated carbocycles. The van der Waals surface area contributed by atoms with Crippen LogP contribution in [0.3, 0.4) is 0 Å². The zero-order valence-electron chi connectivity index (χ0n) is 18.3. The van der Waals surface area contributed by atoms with Gasteiger partial charge in [0.15, 0.2) is 10.9 Å². The predicted molar refractivity (Wildman–Crippen MR) is 126 cm³/mol. The van der Waals surface area contributed by atoms with Gasteiger partial charge in [0.1, 0.15) is 0 Å². The monoisotopic (exact) mass is 536 g/mol. The summed E-state index contributed by atoms with van der Waals surface area (Å²) in [6.07, 6.45) is 1.01. The van der Waals surface area contributed by atoms with Crippen molar-refractivity contribution in [3.63, 3.8) is 0 Å². The van der Waals surface area contributed by atoms with Crippen molar-refractivity contribution in [2.75, 3.05) is 23.1 Å². The topological polar surface area (TPSA) is 117 Å². The second kappa shape index (κ2) is 10.6. The van der Waals surface area contributed by atoms with Gasteiger partial charge in [-0.2, -0.15) is 13.2 Å². The van der Waals surface area contributed by atoms with Gasteiger partial charge in [-0.15, -0.1) is 11.8 Å². The highest BCUT2D eigenvalue weighted by atomic mass is 32.2. The minimum atomic E-state index is -4.63. The number of rotatable bonds is 8. The molecule has 3 rings (SSSR count). The fourth-order valence-electron chi connectivity index (χ4n) is 3.55. The van der Waals surface area contributed by atoms with Crippen molar-refractivity contribution >= 4 is 55.8 Å². The Bertz CT molecular complexity index is 1180. The Kier molecular flexibility index (Phi) is 8.26. The Hall–Kier alpha value is -2.16. The maximum atomic E-state index is 13.2. The number of ketones is 1. The average Bonchev–Trinajstić information content (AvgIpc) is 3.40. The van der Waals surface area contributed by atoms with Gasteiger partial charge >= 0.3 is 12.2 Å². The number of Topliss-reactive ketones (excluding diaryl/α,β-unsaturated/α-hetero) is 1. The van der Waals surface area contributed by atoms with E-state index in [1.54, 1.807) is 6.26 Å². The van der Waals surface area contributed by atoms with Crippen LogP contribution in [0.15, 0.2) is 22.4 Å². The molecular formula is C20H23F3N4O4S3. The normalized spacial score (nSPS) is 14.9. The van der Waals surface area contributed by atoms with Crippen LogP contribution in [0.4, 0.5) is 28.8 Å².